The molecule has 0 bridgehead atoms. The molecule has 1 spiro atoms. The fraction of sp³-hybridized carbons (Fsp3) is 0.333. The van der Waals surface area contributed by atoms with Crippen LogP contribution in [0.1, 0.15) is 23.2 Å². The molecule has 1 aromatic heterocycles. The summed E-state index contributed by atoms with van der Waals surface area (Å²) in [7, 11) is 1.73. The number of amides is 1. The predicted octanol–water partition coefficient (Wildman–Crippen LogP) is 3.88. The Balaban J connectivity index is 1.34. The van der Waals surface area contributed by atoms with Crippen LogP contribution in [0.25, 0.3) is 10.9 Å². The SMILES string of the molecule is COC1CN(c2cccc(F)c2)C12CCN(C(=O)c1ccc3ncccc3c1)CC2. The van der Waals surface area contributed by atoms with Crippen LogP contribution in [-0.2, 0) is 4.74 Å². The minimum atomic E-state index is -0.234. The van der Waals surface area contributed by atoms with E-state index >= 15 is 0 Å². The van der Waals surface area contributed by atoms with Crippen molar-refractivity contribution in [3.63, 3.8) is 0 Å². The Morgan fingerprint density at radius 3 is 2.73 bits per heavy atom. The molecule has 0 N–H and O–H groups in total. The van der Waals surface area contributed by atoms with Crippen molar-refractivity contribution in [3.05, 3.63) is 72.2 Å². The van der Waals surface area contributed by atoms with Crippen molar-refractivity contribution in [2.75, 3.05) is 31.6 Å². The molecular weight excluding hydrogens is 381 g/mol. The first-order valence-electron chi connectivity index (χ1n) is 10.3. The Hall–Kier alpha value is -2.99. The zero-order valence-corrected chi connectivity index (χ0v) is 16.9. The molecule has 3 heterocycles. The van der Waals surface area contributed by atoms with Crippen molar-refractivity contribution in [2.45, 2.75) is 24.5 Å². The van der Waals surface area contributed by atoms with Crippen LogP contribution >= 0.6 is 0 Å². The van der Waals surface area contributed by atoms with Crippen molar-refractivity contribution in [1.82, 2.24) is 9.88 Å². The molecule has 2 saturated heterocycles. The lowest BCUT2D eigenvalue weighted by Gasteiger charge is -2.61. The van der Waals surface area contributed by atoms with Gasteiger partial charge in [-0.25, -0.2) is 4.39 Å². The van der Waals surface area contributed by atoms with Gasteiger partial charge in [-0.05, 0) is 55.3 Å². The van der Waals surface area contributed by atoms with E-state index < -0.39 is 0 Å². The number of hydrogen-bond donors (Lipinski definition) is 0. The van der Waals surface area contributed by atoms with Gasteiger partial charge in [-0.15, -0.1) is 0 Å². The van der Waals surface area contributed by atoms with Gasteiger partial charge >= 0.3 is 0 Å². The molecule has 30 heavy (non-hydrogen) atoms. The van der Waals surface area contributed by atoms with E-state index in [4.69, 9.17) is 4.74 Å². The van der Waals surface area contributed by atoms with E-state index in [2.05, 4.69) is 9.88 Å². The summed E-state index contributed by atoms with van der Waals surface area (Å²) in [6, 6.07) is 16.2. The van der Waals surface area contributed by atoms with Gasteiger partial charge in [0.05, 0.1) is 17.2 Å². The molecule has 1 amide bonds. The van der Waals surface area contributed by atoms with Gasteiger partial charge in [0, 0.05) is 49.6 Å². The third kappa shape index (κ3) is 3.03. The minimum absolute atomic E-state index is 0.0428. The number of likely N-dealkylation sites (tertiary alicyclic amines) is 1. The fourth-order valence-electron chi connectivity index (χ4n) is 4.96. The lowest BCUT2D eigenvalue weighted by molar-refractivity contribution is -0.0433. The maximum atomic E-state index is 13.8. The number of anilines is 1. The van der Waals surface area contributed by atoms with E-state index in [0.717, 1.165) is 36.0 Å². The summed E-state index contributed by atoms with van der Waals surface area (Å²) in [5.74, 6) is -0.192. The monoisotopic (exact) mass is 405 g/mol. The van der Waals surface area contributed by atoms with E-state index in [1.165, 1.54) is 6.07 Å². The van der Waals surface area contributed by atoms with Gasteiger partial charge < -0.3 is 14.5 Å². The summed E-state index contributed by atoms with van der Waals surface area (Å²) >= 11 is 0. The first-order chi connectivity index (χ1) is 14.6. The lowest BCUT2D eigenvalue weighted by atomic mass is 9.73. The van der Waals surface area contributed by atoms with Gasteiger partial charge in [0.15, 0.2) is 0 Å². The highest BCUT2D eigenvalue weighted by atomic mass is 19.1. The Kier molecular flexibility index (Phi) is 4.66. The number of ether oxygens (including phenoxy) is 1. The molecule has 2 aliphatic heterocycles. The third-order valence-electron chi connectivity index (χ3n) is 6.66. The highest BCUT2D eigenvalue weighted by molar-refractivity contribution is 5.98. The molecule has 2 aromatic carbocycles. The van der Waals surface area contributed by atoms with Crippen LogP contribution in [0.3, 0.4) is 0 Å². The van der Waals surface area contributed by atoms with Gasteiger partial charge in [-0.2, -0.15) is 0 Å². The van der Waals surface area contributed by atoms with E-state index in [-0.39, 0.29) is 23.4 Å². The van der Waals surface area contributed by atoms with Crippen LogP contribution in [0.5, 0.6) is 0 Å². The van der Waals surface area contributed by atoms with Crippen molar-refractivity contribution in [1.29, 1.82) is 0 Å². The van der Waals surface area contributed by atoms with Gasteiger partial charge in [0.1, 0.15) is 5.82 Å². The molecule has 0 saturated carbocycles. The topological polar surface area (TPSA) is 45.7 Å². The summed E-state index contributed by atoms with van der Waals surface area (Å²) in [5, 5.41) is 0.965. The molecule has 1 atom stereocenters. The standard InChI is InChI=1S/C24H24FN3O2/c1-30-22-16-28(20-6-2-5-19(25)15-20)24(22)9-12-27(13-10-24)23(29)18-7-8-21-17(14-18)4-3-11-26-21/h2-8,11,14-15,22H,9-10,12-13,16H2,1H3. The number of methoxy groups -OCH3 is 1. The number of pyridine rings is 1. The molecule has 154 valence electrons. The lowest BCUT2D eigenvalue weighted by Crippen LogP contribution is -2.74. The van der Waals surface area contributed by atoms with E-state index in [9.17, 15) is 9.18 Å². The average Bonchev–Trinajstić information content (AvgIpc) is 2.78. The number of nitrogens with zero attached hydrogens (tertiary/aromatic N) is 3. The predicted molar refractivity (Wildman–Crippen MR) is 114 cm³/mol. The summed E-state index contributed by atoms with van der Waals surface area (Å²) < 4.78 is 19.5. The number of benzene rings is 2. The second-order valence-electron chi connectivity index (χ2n) is 8.12. The highest BCUT2D eigenvalue weighted by Gasteiger charge is 2.55. The number of fused-ring (bicyclic) bond motifs is 1. The molecule has 2 fully saturated rings. The molecule has 3 aromatic rings. The summed E-state index contributed by atoms with van der Waals surface area (Å²) in [5.41, 5.74) is 2.26. The Labute approximate surface area is 175 Å². The molecule has 0 aliphatic carbocycles. The third-order valence-corrected chi connectivity index (χ3v) is 6.66. The zero-order valence-electron chi connectivity index (χ0n) is 16.9. The van der Waals surface area contributed by atoms with Gasteiger partial charge in [0.25, 0.3) is 5.91 Å². The number of carbonyl (C=O) groups is 1. The van der Waals surface area contributed by atoms with Crippen LogP contribution in [0, 0.1) is 5.82 Å². The van der Waals surface area contributed by atoms with Crippen LogP contribution in [0.4, 0.5) is 10.1 Å². The van der Waals surface area contributed by atoms with Gasteiger partial charge in [0.2, 0.25) is 0 Å². The molecule has 5 nitrogen and oxygen atoms in total. The summed E-state index contributed by atoms with van der Waals surface area (Å²) in [6.45, 7) is 2.04. The van der Waals surface area contributed by atoms with E-state index in [1.54, 1.807) is 25.4 Å². The fourth-order valence-corrected chi connectivity index (χ4v) is 4.96. The van der Waals surface area contributed by atoms with Crippen molar-refractivity contribution >= 4 is 22.5 Å². The maximum absolute atomic E-state index is 13.8. The van der Waals surface area contributed by atoms with Crippen LogP contribution in [0.15, 0.2) is 60.8 Å². The van der Waals surface area contributed by atoms with Gasteiger partial charge in [-0.1, -0.05) is 12.1 Å². The number of piperidine rings is 1. The second kappa shape index (κ2) is 7.36. The van der Waals surface area contributed by atoms with Gasteiger partial charge in [-0.3, -0.25) is 9.78 Å². The number of hydrogen-bond acceptors (Lipinski definition) is 4. The normalized spacial score (nSPS) is 20.4. The first-order valence-corrected chi connectivity index (χ1v) is 10.3. The van der Waals surface area contributed by atoms with Crippen LogP contribution in [0.2, 0.25) is 0 Å². The zero-order chi connectivity index (χ0) is 20.7. The summed E-state index contributed by atoms with van der Waals surface area (Å²) in [4.78, 5) is 21.6. The first kappa shape index (κ1) is 19.0. The van der Waals surface area contributed by atoms with E-state index in [0.29, 0.717) is 18.7 Å². The molecule has 2 aliphatic rings. The number of halogens is 1. The second-order valence-corrected chi connectivity index (χ2v) is 8.12. The largest absolute Gasteiger partial charge is 0.377 e. The molecule has 6 heteroatoms. The Morgan fingerprint density at radius 2 is 1.97 bits per heavy atom. The number of rotatable bonds is 3. The smallest absolute Gasteiger partial charge is 0.253 e. The van der Waals surface area contributed by atoms with Crippen LogP contribution in [-0.4, -0.2) is 54.2 Å². The van der Waals surface area contributed by atoms with Crippen molar-refractivity contribution in [2.24, 2.45) is 0 Å². The molecule has 1 unspecified atom stereocenters. The Morgan fingerprint density at radius 1 is 1.13 bits per heavy atom. The minimum Gasteiger partial charge on any atom is -0.377 e. The Bertz CT molecular complexity index is 1090. The van der Waals surface area contributed by atoms with Crippen molar-refractivity contribution < 1.29 is 13.9 Å². The molecule has 5 rings (SSSR count). The molecule has 0 radical (unpaired) electrons. The quantitative estimate of drug-likeness (QED) is 0.663. The average molecular weight is 405 g/mol. The number of aromatic nitrogens is 1. The summed E-state index contributed by atoms with van der Waals surface area (Å²) in [6.07, 6.45) is 3.43. The van der Waals surface area contributed by atoms with Crippen LogP contribution < -0.4 is 4.90 Å². The van der Waals surface area contributed by atoms with E-state index in [1.807, 2.05) is 41.3 Å². The molecular formula is C24H24FN3O2. The maximum Gasteiger partial charge on any atom is 0.253 e. The van der Waals surface area contributed by atoms with Crippen molar-refractivity contribution in [3.8, 4) is 0 Å². The number of carbonyl (C=O) groups excluding carboxylic acids is 1. The highest BCUT2D eigenvalue weighted by Crippen LogP contribution is 2.44.